The summed E-state index contributed by atoms with van der Waals surface area (Å²) in [6.07, 6.45) is 6.42. The fourth-order valence-corrected chi connectivity index (χ4v) is 3.07. The lowest BCUT2D eigenvalue weighted by atomic mass is 10.1. The van der Waals surface area contributed by atoms with Gasteiger partial charge in [-0.25, -0.2) is 0 Å². The fraction of sp³-hybridized carbons (Fsp3) is 0.0769. The van der Waals surface area contributed by atoms with Crippen LogP contribution in [0.5, 0.6) is 0 Å². The lowest BCUT2D eigenvalue weighted by Gasteiger charge is -2.29. The highest BCUT2D eigenvalue weighted by Gasteiger charge is 2.34. The molecule has 0 bridgehead atoms. The van der Waals surface area contributed by atoms with E-state index in [1.807, 2.05) is 0 Å². The lowest BCUT2D eigenvalue weighted by Crippen LogP contribution is -2.07. The van der Waals surface area contributed by atoms with Crippen LogP contribution in [0.2, 0.25) is 0 Å². The van der Waals surface area contributed by atoms with E-state index in [0.29, 0.717) is 22.2 Å². The molecule has 0 saturated carbocycles. The summed E-state index contributed by atoms with van der Waals surface area (Å²) in [6.45, 7) is 16.4. The molecule has 0 aromatic heterocycles. The van der Waals surface area contributed by atoms with Crippen molar-refractivity contribution >= 4 is 7.37 Å². The molecule has 16 heavy (non-hydrogen) atoms. The van der Waals surface area contributed by atoms with Gasteiger partial charge in [-0.3, -0.25) is 4.57 Å². The molecule has 0 aromatic rings. The molecule has 84 valence electrons. The molecule has 2 nitrogen and oxygen atoms in total. The predicted molar refractivity (Wildman–Crippen MR) is 69.5 cm³/mol. The summed E-state index contributed by atoms with van der Waals surface area (Å²) in [6, 6.07) is 0. The maximum atomic E-state index is 12.3. The summed E-state index contributed by atoms with van der Waals surface area (Å²) in [7, 11) is -2.88. The van der Waals surface area contributed by atoms with Crippen LogP contribution in [-0.2, 0) is 9.09 Å². The molecule has 1 saturated heterocycles. The molecule has 1 atom stereocenters. The van der Waals surface area contributed by atoms with E-state index in [1.165, 1.54) is 0 Å². The first kappa shape index (κ1) is 12.5. The fourth-order valence-electron chi connectivity index (χ4n) is 1.43. The molecule has 0 aliphatic carbocycles. The van der Waals surface area contributed by atoms with Crippen LogP contribution in [0.15, 0.2) is 72.8 Å². The van der Waals surface area contributed by atoms with Crippen molar-refractivity contribution in [3.8, 4) is 0 Å². The van der Waals surface area contributed by atoms with Crippen molar-refractivity contribution in [2.24, 2.45) is 0 Å². The Labute approximate surface area is 96.5 Å². The van der Waals surface area contributed by atoms with Gasteiger partial charge in [0.2, 0.25) is 0 Å². The Morgan fingerprint density at radius 2 is 1.69 bits per heavy atom. The SMILES string of the molecule is C=C/C=C1/OP(C)(=O)/C(=C/C=C)C(=C)C1=C. The minimum atomic E-state index is -2.88. The van der Waals surface area contributed by atoms with Gasteiger partial charge in [0.25, 0.3) is 7.37 Å². The van der Waals surface area contributed by atoms with E-state index in [9.17, 15) is 4.57 Å². The normalized spacial score (nSPS) is 30.3. The van der Waals surface area contributed by atoms with Gasteiger partial charge in [0.05, 0.1) is 5.31 Å². The summed E-state index contributed by atoms with van der Waals surface area (Å²) in [5.41, 5.74) is 1.26. The Morgan fingerprint density at radius 1 is 1.12 bits per heavy atom. The average Bonchev–Trinajstić information content (AvgIpc) is 2.21. The molecule has 0 aromatic carbocycles. The lowest BCUT2D eigenvalue weighted by molar-refractivity contribution is 0.418. The van der Waals surface area contributed by atoms with Gasteiger partial charge in [0, 0.05) is 12.2 Å². The van der Waals surface area contributed by atoms with Crippen molar-refractivity contribution < 1.29 is 9.09 Å². The molecule has 1 rings (SSSR count). The minimum Gasteiger partial charge on any atom is -0.439 e. The highest BCUT2D eigenvalue weighted by Crippen LogP contribution is 2.61. The summed E-state index contributed by atoms with van der Waals surface area (Å²) in [4.78, 5) is 0. The van der Waals surface area contributed by atoms with E-state index < -0.39 is 7.37 Å². The second-order valence-corrected chi connectivity index (χ2v) is 5.80. The van der Waals surface area contributed by atoms with E-state index in [4.69, 9.17) is 4.52 Å². The number of allylic oxidation sites excluding steroid dienone is 6. The molecule has 1 fully saturated rings. The third-order valence-electron chi connectivity index (χ3n) is 2.23. The Balaban J connectivity index is 3.31. The van der Waals surface area contributed by atoms with Crippen LogP contribution in [0.4, 0.5) is 0 Å². The van der Waals surface area contributed by atoms with Gasteiger partial charge in [0.1, 0.15) is 5.76 Å². The molecular weight excluding hydrogens is 219 g/mol. The zero-order valence-corrected chi connectivity index (χ0v) is 10.3. The third kappa shape index (κ3) is 2.17. The van der Waals surface area contributed by atoms with Gasteiger partial charge >= 0.3 is 0 Å². The summed E-state index contributed by atoms with van der Waals surface area (Å²) in [5.74, 6) is 0.465. The van der Waals surface area contributed by atoms with Gasteiger partial charge in [0.15, 0.2) is 0 Å². The Bertz CT molecular complexity index is 478. The highest BCUT2D eigenvalue weighted by molar-refractivity contribution is 7.63. The van der Waals surface area contributed by atoms with Gasteiger partial charge in [-0.15, -0.1) is 0 Å². The second kappa shape index (κ2) is 4.54. The molecule has 3 heteroatoms. The van der Waals surface area contributed by atoms with Gasteiger partial charge in [-0.1, -0.05) is 38.5 Å². The van der Waals surface area contributed by atoms with Crippen LogP contribution in [0, 0.1) is 0 Å². The van der Waals surface area contributed by atoms with Crippen molar-refractivity contribution in [2.75, 3.05) is 6.66 Å². The second-order valence-electron chi connectivity index (χ2n) is 3.45. The molecule has 0 N–H and O–H groups in total. The quantitative estimate of drug-likeness (QED) is 0.670. The minimum absolute atomic E-state index is 0.465. The first-order valence-corrected chi connectivity index (χ1v) is 6.83. The summed E-state index contributed by atoms with van der Waals surface area (Å²) in [5, 5.41) is 0.564. The smallest absolute Gasteiger partial charge is 0.274 e. The van der Waals surface area contributed by atoms with Crippen molar-refractivity contribution in [1.29, 1.82) is 0 Å². The van der Waals surface area contributed by atoms with Gasteiger partial charge in [-0.05, 0) is 17.7 Å². The van der Waals surface area contributed by atoms with Crippen molar-refractivity contribution in [1.82, 2.24) is 0 Å². The Kier molecular flexibility index (Phi) is 3.56. The monoisotopic (exact) mass is 234 g/mol. The van der Waals surface area contributed by atoms with E-state index in [2.05, 4.69) is 26.3 Å². The molecule has 0 amide bonds. The van der Waals surface area contributed by atoms with Crippen LogP contribution in [0.1, 0.15) is 0 Å². The molecule has 0 radical (unpaired) electrons. The van der Waals surface area contributed by atoms with E-state index in [-0.39, 0.29) is 0 Å². The maximum Gasteiger partial charge on any atom is 0.274 e. The van der Waals surface area contributed by atoms with Crippen LogP contribution in [0.3, 0.4) is 0 Å². The number of hydrogen-bond acceptors (Lipinski definition) is 2. The van der Waals surface area contributed by atoms with Gasteiger partial charge < -0.3 is 4.52 Å². The first-order chi connectivity index (χ1) is 7.44. The molecule has 1 aliphatic heterocycles. The van der Waals surface area contributed by atoms with Crippen molar-refractivity contribution in [2.45, 2.75) is 0 Å². The van der Waals surface area contributed by atoms with E-state index in [0.717, 1.165) is 0 Å². The van der Waals surface area contributed by atoms with Crippen LogP contribution >= 0.6 is 7.37 Å². The molecule has 1 heterocycles. The zero-order valence-electron chi connectivity index (χ0n) is 9.40. The highest BCUT2D eigenvalue weighted by atomic mass is 31.2. The summed E-state index contributed by atoms with van der Waals surface area (Å²) < 4.78 is 17.7. The molecule has 1 aliphatic rings. The average molecular weight is 234 g/mol. The largest absolute Gasteiger partial charge is 0.439 e. The van der Waals surface area contributed by atoms with Crippen LogP contribution < -0.4 is 0 Å². The van der Waals surface area contributed by atoms with Gasteiger partial charge in [-0.2, -0.15) is 0 Å². The zero-order chi connectivity index (χ0) is 12.3. The Morgan fingerprint density at radius 3 is 2.19 bits per heavy atom. The van der Waals surface area contributed by atoms with E-state index in [1.54, 1.807) is 31.0 Å². The first-order valence-electron chi connectivity index (χ1n) is 4.76. The maximum absolute atomic E-state index is 12.3. The molecular formula is C13H15O2P. The standard InChI is InChI=1S/C13H15O2P/c1-6-8-12-10(3)11(4)13(9-7-2)16(5,14)15-12/h6-9H,1-4H2,5H3/b12-8+,13-9+. The van der Waals surface area contributed by atoms with Crippen LogP contribution in [-0.4, -0.2) is 6.66 Å². The topological polar surface area (TPSA) is 26.3 Å². The summed E-state index contributed by atoms with van der Waals surface area (Å²) >= 11 is 0. The number of rotatable bonds is 2. The third-order valence-corrected chi connectivity index (χ3v) is 4.07. The Hall–Kier alpha value is -1.53. The van der Waals surface area contributed by atoms with E-state index >= 15 is 0 Å². The van der Waals surface area contributed by atoms with Crippen LogP contribution in [0.25, 0.3) is 0 Å². The molecule has 0 spiro atoms. The van der Waals surface area contributed by atoms with Crippen molar-refractivity contribution in [3.05, 3.63) is 72.8 Å². The predicted octanol–water partition coefficient (Wildman–Crippen LogP) is 4.18. The van der Waals surface area contributed by atoms with Crippen molar-refractivity contribution in [3.63, 3.8) is 0 Å². The molecule has 1 unspecified atom stereocenters. The number of hydrogen-bond donors (Lipinski definition) is 0.